The van der Waals surface area contributed by atoms with Crippen molar-refractivity contribution in [2.24, 2.45) is 0 Å². The molecule has 0 N–H and O–H groups in total. The number of fused-ring (bicyclic) bond motifs is 3. The maximum atomic E-state index is 2.38. The summed E-state index contributed by atoms with van der Waals surface area (Å²) in [5, 5.41) is 2.62. The van der Waals surface area contributed by atoms with Gasteiger partial charge in [0.05, 0.1) is 11.0 Å². The molecule has 1 heterocycles. The van der Waals surface area contributed by atoms with Crippen molar-refractivity contribution in [2.75, 3.05) is 0 Å². The van der Waals surface area contributed by atoms with Crippen LogP contribution in [0.3, 0.4) is 0 Å². The number of benzene rings is 3. The second kappa shape index (κ2) is 5.28. The van der Waals surface area contributed by atoms with Crippen LogP contribution in [-0.4, -0.2) is 4.57 Å². The molecule has 0 amide bonds. The Morgan fingerprint density at radius 2 is 1.14 bits per heavy atom. The van der Waals surface area contributed by atoms with Gasteiger partial charge in [-0.25, -0.2) is 0 Å². The highest BCUT2D eigenvalue weighted by Gasteiger charge is 2.12. The highest BCUT2D eigenvalue weighted by molar-refractivity contribution is 14.1. The lowest BCUT2D eigenvalue weighted by atomic mass is 10.2. The maximum Gasteiger partial charge on any atom is 0.0551 e. The second-order valence-electron chi connectivity index (χ2n) is 4.99. The molecule has 0 aliphatic heterocycles. The van der Waals surface area contributed by atoms with Gasteiger partial charge in [0.15, 0.2) is 0 Å². The van der Waals surface area contributed by atoms with Gasteiger partial charge in [0.1, 0.15) is 0 Å². The van der Waals surface area contributed by atoms with E-state index in [4.69, 9.17) is 0 Å². The van der Waals surface area contributed by atoms with Crippen molar-refractivity contribution in [2.45, 2.75) is 0 Å². The molecule has 3 heteroatoms. The fourth-order valence-corrected chi connectivity index (χ4v) is 3.77. The number of aromatic nitrogens is 1. The molecule has 21 heavy (non-hydrogen) atoms. The topological polar surface area (TPSA) is 4.93 Å². The molecule has 0 spiro atoms. The zero-order chi connectivity index (χ0) is 14.4. The number of rotatable bonds is 1. The fraction of sp³-hybridized carbons (Fsp3) is 0. The Balaban J connectivity index is 2.24. The maximum absolute atomic E-state index is 2.38. The van der Waals surface area contributed by atoms with Gasteiger partial charge in [-0.05, 0) is 81.6 Å². The second-order valence-corrected chi connectivity index (χ2v) is 7.49. The van der Waals surface area contributed by atoms with Crippen LogP contribution >= 0.6 is 45.2 Å². The summed E-state index contributed by atoms with van der Waals surface area (Å²) in [7, 11) is 0. The Hall–Kier alpha value is -1.08. The van der Waals surface area contributed by atoms with E-state index in [2.05, 4.69) is 116 Å². The third-order valence-corrected chi connectivity index (χ3v) is 5.05. The molecule has 0 atom stereocenters. The Morgan fingerprint density at radius 3 is 1.67 bits per heavy atom. The van der Waals surface area contributed by atoms with Crippen molar-refractivity contribution in [1.82, 2.24) is 4.57 Å². The smallest absolute Gasteiger partial charge is 0.0551 e. The lowest BCUT2D eigenvalue weighted by Gasteiger charge is -2.07. The minimum atomic E-state index is 1.21. The molecule has 0 radical (unpaired) electrons. The Bertz CT molecular complexity index is 896. The third kappa shape index (κ3) is 2.26. The van der Waals surface area contributed by atoms with E-state index >= 15 is 0 Å². The van der Waals surface area contributed by atoms with Gasteiger partial charge in [0, 0.05) is 23.6 Å². The van der Waals surface area contributed by atoms with Gasteiger partial charge in [-0.1, -0.05) is 30.3 Å². The Labute approximate surface area is 150 Å². The molecule has 4 rings (SSSR count). The van der Waals surface area contributed by atoms with E-state index in [1.54, 1.807) is 0 Å². The van der Waals surface area contributed by atoms with Gasteiger partial charge >= 0.3 is 0 Å². The molecular formula is C18H11I2N. The van der Waals surface area contributed by atoms with Gasteiger partial charge in [-0.3, -0.25) is 0 Å². The highest BCUT2D eigenvalue weighted by atomic mass is 127. The molecule has 0 saturated heterocycles. The third-order valence-electron chi connectivity index (χ3n) is 3.71. The van der Waals surface area contributed by atoms with Gasteiger partial charge in [-0.2, -0.15) is 0 Å². The first-order valence-corrected chi connectivity index (χ1v) is 8.84. The largest absolute Gasteiger partial charge is 0.309 e. The molecule has 0 aliphatic carbocycles. The van der Waals surface area contributed by atoms with E-state index in [1.807, 2.05) is 0 Å². The molecule has 3 aromatic carbocycles. The van der Waals surface area contributed by atoms with E-state index in [1.165, 1.54) is 34.6 Å². The molecule has 0 unspecified atom stereocenters. The van der Waals surface area contributed by atoms with Crippen molar-refractivity contribution in [3.8, 4) is 5.69 Å². The standard InChI is InChI=1S/C18H11I2N/c19-12-6-8-15-16-9-7-13(20)11-18(16)21(17(15)10-12)14-4-2-1-3-5-14/h1-11H. The van der Waals surface area contributed by atoms with E-state index in [-0.39, 0.29) is 0 Å². The van der Waals surface area contributed by atoms with Crippen molar-refractivity contribution < 1.29 is 0 Å². The summed E-state index contributed by atoms with van der Waals surface area (Å²) in [6.45, 7) is 0. The van der Waals surface area contributed by atoms with Gasteiger partial charge in [0.25, 0.3) is 0 Å². The predicted octanol–water partition coefficient (Wildman–Crippen LogP) is 5.99. The van der Waals surface area contributed by atoms with Crippen molar-refractivity contribution in [3.63, 3.8) is 0 Å². The molecule has 1 aromatic heterocycles. The van der Waals surface area contributed by atoms with Crippen LogP contribution in [-0.2, 0) is 0 Å². The van der Waals surface area contributed by atoms with Crippen LogP contribution in [0.5, 0.6) is 0 Å². The van der Waals surface area contributed by atoms with Crippen LogP contribution in [0, 0.1) is 7.14 Å². The molecule has 0 bridgehead atoms. The minimum Gasteiger partial charge on any atom is -0.309 e. The quantitative estimate of drug-likeness (QED) is 0.286. The van der Waals surface area contributed by atoms with E-state index in [9.17, 15) is 0 Å². The van der Waals surface area contributed by atoms with E-state index in [0.717, 1.165) is 0 Å². The number of para-hydroxylation sites is 1. The molecule has 0 saturated carbocycles. The first-order valence-electron chi connectivity index (χ1n) is 6.69. The predicted molar refractivity (Wildman–Crippen MR) is 106 cm³/mol. The number of halogens is 2. The van der Waals surface area contributed by atoms with Gasteiger partial charge < -0.3 is 4.57 Å². The summed E-state index contributed by atoms with van der Waals surface area (Å²) in [6.07, 6.45) is 0. The average Bonchev–Trinajstić information content (AvgIpc) is 2.80. The summed E-state index contributed by atoms with van der Waals surface area (Å²) in [5.74, 6) is 0. The molecular weight excluding hydrogens is 484 g/mol. The lowest BCUT2D eigenvalue weighted by molar-refractivity contribution is 1.18. The fourth-order valence-electron chi connectivity index (χ4n) is 2.82. The SMILES string of the molecule is Ic1ccc2c3ccc(I)cc3n(-c3ccccc3)c2c1. The molecule has 4 aromatic rings. The summed E-state index contributed by atoms with van der Waals surface area (Å²) in [6, 6.07) is 23.9. The highest BCUT2D eigenvalue weighted by Crippen LogP contribution is 2.33. The normalized spacial score (nSPS) is 11.3. The van der Waals surface area contributed by atoms with Crippen LogP contribution in [0.4, 0.5) is 0 Å². The monoisotopic (exact) mass is 495 g/mol. The summed E-state index contributed by atoms with van der Waals surface area (Å²) in [5.41, 5.74) is 3.75. The number of hydrogen-bond donors (Lipinski definition) is 0. The molecule has 0 aliphatic rings. The zero-order valence-corrected chi connectivity index (χ0v) is 15.4. The average molecular weight is 495 g/mol. The number of hydrogen-bond acceptors (Lipinski definition) is 0. The summed E-state index contributed by atoms with van der Waals surface area (Å²) < 4.78 is 4.87. The van der Waals surface area contributed by atoms with Crippen LogP contribution < -0.4 is 0 Å². The zero-order valence-electron chi connectivity index (χ0n) is 11.1. The minimum absolute atomic E-state index is 1.21. The van der Waals surface area contributed by atoms with Crippen molar-refractivity contribution >= 4 is 67.0 Å². The van der Waals surface area contributed by atoms with Crippen LogP contribution in [0.1, 0.15) is 0 Å². The Morgan fingerprint density at radius 1 is 0.619 bits per heavy atom. The van der Waals surface area contributed by atoms with Gasteiger partial charge in [-0.15, -0.1) is 0 Å². The van der Waals surface area contributed by atoms with Crippen LogP contribution in [0.2, 0.25) is 0 Å². The van der Waals surface area contributed by atoms with Crippen LogP contribution in [0.25, 0.3) is 27.5 Å². The van der Waals surface area contributed by atoms with Gasteiger partial charge in [0.2, 0.25) is 0 Å². The van der Waals surface area contributed by atoms with Crippen molar-refractivity contribution in [3.05, 3.63) is 73.9 Å². The first-order chi connectivity index (χ1) is 10.2. The molecule has 1 nitrogen and oxygen atoms in total. The van der Waals surface area contributed by atoms with E-state index < -0.39 is 0 Å². The van der Waals surface area contributed by atoms with Crippen molar-refractivity contribution in [1.29, 1.82) is 0 Å². The molecule has 102 valence electrons. The number of nitrogens with zero attached hydrogens (tertiary/aromatic N) is 1. The summed E-state index contributed by atoms with van der Waals surface area (Å²) in [4.78, 5) is 0. The Kier molecular flexibility index (Phi) is 3.41. The van der Waals surface area contributed by atoms with E-state index in [0.29, 0.717) is 0 Å². The first kappa shape index (κ1) is 13.6. The lowest BCUT2D eigenvalue weighted by Crippen LogP contribution is -1.93. The molecule has 0 fully saturated rings. The van der Waals surface area contributed by atoms with Crippen LogP contribution in [0.15, 0.2) is 66.7 Å². The summed E-state index contributed by atoms with van der Waals surface area (Å²) >= 11 is 4.76.